The van der Waals surface area contributed by atoms with Crippen molar-refractivity contribution in [3.05, 3.63) is 91.6 Å². The fraction of sp³-hybridized carbons (Fsp3) is 0.190. The topological polar surface area (TPSA) is 87.4 Å². The Bertz CT molecular complexity index is 1210. The highest BCUT2D eigenvalue weighted by atomic mass is 19.4. The van der Waals surface area contributed by atoms with E-state index in [1.54, 1.807) is 24.3 Å². The van der Waals surface area contributed by atoms with Crippen LogP contribution in [0.2, 0.25) is 0 Å². The number of hydrogen-bond acceptors (Lipinski definition) is 4. The molecule has 0 aliphatic rings. The first-order valence-electron chi connectivity index (χ1n) is 8.91. The Morgan fingerprint density at radius 2 is 1.67 bits per heavy atom. The SMILES string of the molecule is CC(=NCc1ccc(C(F)(F)F)cc1)c1c(O)n(-c2ccc(C)cc2)c(=O)[nH]c1=O. The smallest absolute Gasteiger partial charge is 0.416 e. The van der Waals surface area contributed by atoms with Crippen molar-refractivity contribution in [3.8, 4) is 11.6 Å². The van der Waals surface area contributed by atoms with Crippen LogP contribution in [0.5, 0.6) is 5.88 Å². The van der Waals surface area contributed by atoms with E-state index in [-0.39, 0.29) is 17.8 Å². The van der Waals surface area contributed by atoms with E-state index in [0.29, 0.717) is 11.3 Å². The third-order valence-corrected chi connectivity index (χ3v) is 4.52. The number of benzene rings is 2. The van der Waals surface area contributed by atoms with Crippen LogP contribution in [0.25, 0.3) is 5.69 Å². The molecule has 0 spiro atoms. The summed E-state index contributed by atoms with van der Waals surface area (Å²) in [6.45, 7) is 3.33. The van der Waals surface area contributed by atoms with E-state index in [0.717, 1.165) is 22.3 Å². The molecule has 6 nitrogen and oxygen atoms in total. The van der Waals surface area contributed by atoms with E-state index < -0.39 is 28.9 Å². The molecule has 0 fully saturated rings. The first-order chi connectivity index (χ1) is 14.1. The number of aromatic nitrogens is 2. The summed E-state index contributed by atoms with van der Waals surface area (Å²) in [5, 5.41) is 10.6. The Morgan fingerprint density at radius 3 is 2.23 bits per heavy atom. The third-order valence-electron chi connectivity index (χ3n) is 4.52. The van der Waals surface area contributed by atoms with Crippen molar-refractivity contribution in [2.75, 3.05) is 0 Å². The fourth-order valence-corrected chi connectivity index (χ4v) is 2.87. The standard InChI is InChI=1S/C21H18F3N3O3/c1-12-3-9-16(10-4-12)27-19(29)17(18(28)26-20(27)30)13(2)25-11-14-5-7-15(8-6-14)21(22,23)24/h3-10,29H,11H2,1-2H3,(H,26,28,30). The average molecular weight is 417 g/mol. The van der Waals surface area contributed by atoms with Gasteiger partial charge in [-0.2, -0.15) is 13.2 Å². The molecule has 1 aromatic heterocycles. The van der Waals surface area contributed by atoms with Crippen LogP contribution in [0, 0.1) is 6.92 Å². The third kappa shape index (κ3) is 4.35. The van der Waals surface area contributed by atoms with Crippen molar-refractivity contribution >= 4 is 5.71 Å². The van der Waals surface area contributed by atoms with E-state index in [1.165, 1.54) is 19.1 Å². The number of aliphatic imine (C=N–C) groups is 1. The van der Waals surface area contributed by atoms with Crippen LogP contribution in [0.3, 0.4) is 0 Å². The van der Waals surface area contributed by atoms with Crippen molar-refractivity contribution in [1.82, 2.24) is 9.55 Å². The van der Waals surface area contributed by atoms with Gasteiger partial charge in [-0.15, -0.1) is 0 Å². The van der Waals surface area contributed by atoms with Crippen LogP contribution >= 0.6 is 0 Å². The number of nitrogens with one attached hydrogen (secondary N) is 1. The van der Waals surface area contributed by atoms with E-state index in [4.69, 9.17) is 0 Å². The van der Waals surface area contributed by atoms with Crippen LogP contribution < -0.4 is 11.2 Å². The quantitative estimate of drug-likeness (QED) is 0.637. The zero-order valence-corrected chi connectivity index (χ0v) is 16.1. The lowest BCUT2D eigenvalue weighted by Gasteiger charge is -2.12. The minimum atomic E-state index is -4.43. The lowest BCUT2D eigenvalue weighted by atomic mass is 10.1. The summed E-state index contributed by atoms with van der Waals surface area (Å²) in [5.41, 5.74) is -0.649. The minimum Gasteiger partial charge on any atom is -0.493 e. The molecule has 1 heterocycles. The Hall–Kier alpha value is -3.62. The molecule has 0 atom stereocenters. The molecule has 0 amide bonds. The van der Waals surface area contributed by atoms with E-state index in [1.807, 2.05) is 6.92 Å². The van der Waals surface area contributed by atoms with Gasteiger partial charge in [0.25, 0.3) is 5.56 Å². The summed E-state index contributed by atoms with van der Waals surface area (Å²) >= 11 is 0. The molecule has 0 saturated carbocycles. The van der Waals surface area contributed by atoms with Gasteiger partial charge in [-0.25, -0.2) is 9.36 Å². The monoisotopic (exact) mass is 417 g/mol. The summed E-state index contributed by atoms with van der Waals surface area (Å²) in [6.07, 6.45) is -4.43. The maximum Gasteiger partial charge on any atom is 0.416 e. The summed E-state index contributed by atoms with van der Waals surface area (Å²) in [6, 6.07) is 11.2. The lowest BCUT2D eigenvalue weighted by molar-refractivity contribution is -0.137. The van der Waals surface area contributed by atoms with Crippen LogP contribution in [0.15, 0.2) is 63.1 Å². The van der Waals surface area contributed by atoms with Gasteiger partial charge in [0.15, 0.2) is 0 Å². The lowest BCUT2D eigenvalue weighted by Crippen LogP contribution is -2.32. The molecule has 0 bridgehead atoms. The second-order valence-corrected chi connectivity index (χ2v) is 6.73. The molecule has 0 unspecified atom stereocenters. The number of aromatic amines is 1. The fourth-order valence-electron chi connectivity index (χ4n) is 2.87. The number of hydrogen-bond donors (Lipinski definition) is 2. The number of rotatable bonds is 4. The molecule has 3 rings (SSSR count). The maximum absolute atomic E-state index is 12.7. The summed E-state index contributed by atoms with van der Waals surface area (Å²) in [4.78, 5) is 30.8. The molecule has 30 heavy (non-hydrogen) atoms. The molecule has 2 N–H and O–H groups in total. The van der Waals surface area contributed by atoms with Gasteiger partial charge in [-0.1, -0.05) is 29.8 Å². The molecule has 2 aromatic carbocycles. The zero-order chi connectivity index (χ0) is 22.1. The van der Waals surface area contributed by atoms with E-state index in [2.05, 4.69) is 9.98 Å². The van der Waals surface area contributed by atoms with Gasteiger partial charge < -0.3 is 5.11 Å². The van der Waals surface area contributed by atoms with Gasteiger partial charge in [0, 0.05) is 0 Å². The number of nitrogens with zero attached hydrogens (tertiary/aromatic N) is 2. The zero-order valence-electron chi connectivity index (χ0n) is 16.1. The van der Waals surface area contributed by atoms with Crippen molar-refractivity contribution in [1.29, 1.82) is 0 Å². The highest BCUT2D eigenvalue weighted by molar-refractivity contribution is 6.00. The molecule has 0 radical (unpaired) electrons. The van der Waals surface area contributed by atoms with Crippen LogP contribution in [-0.2, 0) is 12.7 Å². The molecular weight excluding hydrogens is 399 g/mol. The maximum atomic E-state index is 12.7. The molecule has 0 aliphatic heterocycles. The van der Waals surface area contributed by atoms with Gasteiger partial charge >= 0.3 is 11.9 Å². The highest BCUT2D eigenvalue weighted by Gasteiger charge is 2.29. The van der Waals surface area contributed by atoms with Crippen molar-refractivity contribution < 1.29 is 18.3 Å². The van der Waals surface area contributed by atoms with Crippen LogP contribution in [-0.4, -0.2) is 20.4 Å². The normalized spacial score (nSPS) is 12.2. The van der Waals surface area contributed by atoms with Crippen molar-refractivity contribution in [3.63, 3.8) is 0 Å². The minimum absolute atomic E-state index is 0.00743. The highest BCUT2D eigenvalue weighted by Crippen LogP contribution is 2.29. The Labute approximate surface area is 169 Å². The molecule has 0 saturated heterocycles. The van der Waals surface area contributed by atoms with Crippen LogP contribution in [0.4, 0.5) is 13.2 Å². The molecule has 0 aliphatic carbocycles. The molecule has 156 valence electrons. The number of alkyl halides is 3. The predicted octanol–water partition coefficient (Wildman–Crippen LogP) is 3.57. The number of H-pyrrole nitrogens is 1. The van der Waals surface area contributed by atoms with Crippen LogP contribution in [0.1, 0.15) is 29.2 Å². The Morgan fingerprint density at radius 1 is 1.07 bits per heavy atom. The van der Waals surface area contributed by atoms with Gasteiger partial charge in [0.05, 0.1) is 23.5 Å². The number of aryl methyl sites for hydroxylation is 1. The first kappa shape index (κ1) is 21.1. The Kier molecular flexibility index (Phi) is 5.64. The molecular formula is C21H18F3N3O3. The second kappa shape index (κ2) is 8.02. The van der Waals surface area contributed by atoms with Gasteiger partial charge in [0.1, 0.15) is 5.56 Å². The Balaban J connectivity index is 1.96. The van der Waals surface area contributed by atoms with Gasteiger partial charge in [-0.05, 0) is 43.7 Å². The summed E-state index contributed by atoms with van der Waals surface area (Å²) < 4.78 is 38.9. The van der Waals surface area contributed by atoms with E-state index >= 15 is 0 Å². The second-order valence-electron chi connectivity index (χ2n) is 6.73. The number of halogens is 3. The number of aromatic hydroxyl groups is 1. The molecule has 3 aromatic rings. The first-order valence-corrected chi connectivity index (χ1v) is 8.91. The average Bonchev–Trinajstić information content (AvgIpc) is 2.67. The summed E-state index contributed by atoms with van der Waals surface area (Å²) in [5.74, 6) is -0.568. The van der Waals surface area contributed by atoms with Crippen molar-refractivity contribution in [2.45, 2.75) is 26.6 Å². The summed E-state index contributed by atoms with van der Waals surface area (Å²) in [7, 11) is 0. The van der Waals surface area contributed by atoms with Gasteiger partial charge in [0.2, 0.25) is 5.88 Å². The molecule has 9 heteroatoms. The van der Waals surface area contributed by atoms with E-state index in [9.17, 15) is 27.9 Å². The largest absolute Gasteiger partial charge is 0.493 e. The predicted molar refractivity (Wildman–Crippen MR) is 106 cm³/mol. The van der Waals surface area contributed by atoms with Gasteiger partial charge in [-0.3, -0.25) is 14.8 Å². The van der Waals surface area contributed by atoms with Crippen molar-refractivity contribution in [2.24, 2.45) is 4.99 Å².